The zero-order valence-corrected chi connectivity index (χ0v) is 24.7. The van der Waals surface area contributed by atoms with Gasteiger partial charge >= 0.3 is 6.03 Å². The van der Waals surface area contributed by atoms with E-state index < -0.39 is 6.04 Å². The molecule has 0 aliphatic carbocycles. The molecule has 0 spiro atoms. The van der Waals surface area contributed by atoms with Crippen LogP contribution in [0.3, 0.4) is 0 Å². The Morgan fingerprint density at radius 1 is 0.850 bits per heavy atom. The average molecular weight is 613 g/mol. The molecule has 202 valence electrons. The van der Waals surface area contributed by atoms with E-state index >= 15 is 0 Å². The normalized spacial score (nSPS) is 11.7. The first kappa shape index (κ1) is 27.7. The van der Waals surface area contributed by atoms with Crippen molar-refractivity contribution in [1.82, 2.24) is 20.1 Å². The molecule has 5 aromatic rings. The average Bonchev–Trinajstić information content (AvgIpc) is 3.36. The molecule has 5 rings (SSSR count). The van der Waals surface area contributed by atoms with Gasteiger partial charge in [0.1, 0.15) is 0 Å². The summed E-state index contributed by atoms with van der Waals surface area (Å²) < 4.78 is 2.95. The molecular formula is C32H30BrN5OS. The van der Waals surface area contributed by atoms with Gasteiger partial charge in [0.2, 0.25) is 0 Å². The van der Waals surface area contributed by atoms with Crippen molar-refractivity contribution in [2.24, 2.45) is 0 Å². The Hall–Kier alpha value is -3.88. The number of aryl methyl sites for hydroxylation is 2. The molecule has 0 saturated carbocycles. The molecule has 40 heavy (non-hydrogen) atoms. The van der Waals surface area contributed by atoms with Gasteiger partial charge in [-0.1, -0.05) is 112 Å². The van der Waals surface area contributed by atoms with Crippen molar-refractivity contribution in [2.45, 2.75) is 37.2 Å². The topological polar surface area (TPSA) is 71.8 Å². The fourth-order valence-corrected chi connectivity index (χ4v) is 5.74. The summed E-state index contributed by atoms with van der Waals surface area (Å²) in [5, 5.41) is 16.2. The minimum atomic E-state index is -0.434. The van der Waals surface area contributed by atoms with Crippen LogP contribution < -0.4 is 10.6 Å². The van der Waals surface area contributed by atoms with Crippen LogP contribution in [0.15, 0.2) is 113 Å². The zero-order valence-electron chi connectivity index (χ0n) is 22.3. The van der Waals surface area contributed by atoms with E-state index in [9.17, 15) is 4.79 Å². The number of hydrogen-bond donors (Lipinski definition) is 2. The molecule has 6 nitrogen and oxygen atoms in total. The molecule has 0 aliphatic rings. The first-order valence-corrected chi connectivity index (χ1v) is 14.8. The number of amides is 2. The van der Waals surface area contributed by atoms with Crippen LogP contribution in [-0.2, 0) is 12.2 Å². The fraction of sp³-hybridized carbons (Fsp3) is 0.156. The van der Waals surface area contributed by atoms with Gasteiger partial charge < -0.3 is 10.6 Å². The lowest BCUT2D eigenvalue weighted by atomic mass is 10.1. The highest BCUT2D eigenvalue weighted by Gasteiger charge is 2.25. The molecule has 2 N–H and O–H groups in total. The van der Waals surface area contributed by atoms with Crippen LogP contribution >= 0.6 is 27.7 Å². The van der Waals surface area contributed by atoms with E-state index in [1.807, 2.05) is 42.5 Å². The number of thioether (sulfide) groups is 1. The molecule has 4 aromatic carbocycles. The van der Waals surface area contributed by atoms with Crippen molar-refractivity contribution in [3.05, 3.63) is 136 Å². The van der Waals surface area contributed by atoms with Crippen LogP contribution in [0, 0.1) is 13.8 Å². The predicted molar refractivity (Wildman–Crippen MR) is 166 cm³/mol. The van der Waals surface area contributed by atoms with Gasteiger partial charge in [-0.2, -0.15) is 0 Å². The van der Waals surface area contributed by atoms with Crippen molar-refractivity contribution in [3.8, 4) is 5.69 Å². The standard InChI is InChI=1S/C32H30BrN5OS/c1-22-14-16-28(17-15-22)38-30(36-37-32(38)40-21-25-11-6-8-23(2)18-25)29(19-24-9-4-3-5-10-24)35-31(39)34-27-13-7-12-26(33)20-27/h3-18,20,29H,19,21H2,1-2H3,(H2,34,35,39). The summed E-state index contributed by atoms with van der Waals surface area (Å²) in [6, 6.07) is 33.6. The molecule has 0 aliphatic heterocycles. The number of carbonyl (C=O) groups excluding carboxylic acids is 1. The zero-order chi connectivity index (χ0) is 27.9. The molecule has 1 aromatic heterocycles. The minimum absolute atomic E-state index is 0.313. The summed E-state index contributed by atoms with van der Waals surface area (Å²) in [4.78, 5) is 13.2. The first-order chi connectivity index (χ1) is 19.4. The van der Waals surface area contributed by atoms with Gasteiger partial charge in [-0.15, -0.1) is 10.2 Å². The maximum Gasteiger partial charge on any atom is 0.319 e. The number of urea groups is 1. The second-order valence-electron chi connectivity index (χ2n) is 9.64. The molecule has 0 fully saturated rings. The van der Waals surface area contributed by atoms with E-state index in [2.05, 4.69) is 116 Å². The maximum atomic E-state index is 13.2. The SMILES string of the molecule is Cc1ccc(-n2c(SCc3cccc(C)c3)nnc2C(Cc2ccccc2)NC(=O)Nc2cccc(Br)c2)cc1. The predicted octanol–water partition coefficient (Wildman–Crippen LogP) is 8.04. The molecule has 0 radical (unpaired) electrons. The minimum Gasteiger partial charge on any atom is -0.327 e. The second-order valence-corrected chi connectivity index (χ2v) is 11.5. The highest BCUT2D eigenvalue weighted by molar-refractivity contribution is 9.10. The summed E-state index contributed by atoms with van der Waals surface area (Å²) in [5.74, 6) is 1.43. The highest BCUT2D eigenvalue weighted by Crippen LogP contribution is 2.29. The largest absolute Gasteiger partial charge is 0.327 e. The third kappa shape index (κ3) is 7.20. The first-order valence-electron chi connectivity index (χ1n) is 13.0. The molecule has 2 amide bonds. The lowest BCUT2D eigenvalue weighted by molar-refractivity contribution is 0.247. The lowest BCUT2D eigenvalue weighted by Gasteiger charge is -2.21. The molecule has 1 atom stereocenters. The van der Waals surface area contributed by atoms with Crippen LogP contribution in [0.5, 0.6) is 0 Å². The summed E-state index contributed by atoms with van der Waals surface area (Å²) in [6.45, 7) is 4.16. The van der Waals surface area contributed by atoms with Crippen LogP contribution in [0.4, 0.5) is 10.5 Å². The number of nitrogens with one attached hydrogen (secondary N) is 2. The maximum absolute atomic E-state index is 13.2. The number of nitrogens with zero attached hydrogens (tertiary/aromatic N) is 3. The van der Waals surface area contributed by atoms with Gasteiger partial charge in [-0.25, -0.2) is 4.79 Å². The summed E-state index contributed by atoms with van der Waals surface area (Å²) in [6.07, 6.45) is 0.555. The van der Waals surface area contributed by atoms with Crippen molar-refractivity contribution >= 4 is 39.4 Å². The Bertz CT molecular complexity index is 1590. The second kappa shape index (κ2) is 13.0. The van der Waals surface area contributed by atoms with E-state index in [0.717, 1.165) is 26.6 Å². The Morgan fingerprint density at radius 2 is 1.60 bits per heavy atom. The van der Waals surface area contributed by atoms with Crippen molar-refractivity contribution < 1.29 is 4.79 Å². The van der Waals surface area contributed by atoms with E-state index in [-0.39, 0.29) is 6.03 Å². The van der Waals surface area contributed by atoms with E-state index in [1.165, 1.54) is 16.7 Å². The highest BCUT2D eigenvalue weighted by atomic mass is 79.9. The van der Waals surface area contributed by atoms with E-state index in [0.29, 0.717) is 17.9 Å². The van der Waals surface area contributed by atoms with Gasteiger partial charge in [-0.3, -0.25) is 4.57 Å². The fourth-order valence-electron chi connectivity index (χ4n) is 4.44. The third-order valence-electron chi connectivity index (χ3n) is 6.38. The Morgan fingerprint density at radius 3 is 2.35 bits per heavy atom. The molecule has 0 bridgehead atoms. The molecule has 0 saturated heterocycles. The summed E-state index contributed by atoms with van der Waals surface area (Å²) in [7, 11) is 0. The van der Waals surface area contributed by atoms with Gasteiger partial charge in [0.25, 0.3) is 0 Å². The number of benzene rings is 4. The van der Waals surface area contributed by atoms with Gasteiger partial charge in [0.15, 0.2) is 11.0 Å². The van der Waals surface area contributed by atoms with E-state index in [1.54, 1.807) is 11.8 Å². The van der Waals surface area contributed by atoms with Crippen LogP contribution in [0.1, 0.15) is 34.1 Å². The Balaban J connectivity index is 1.50. The van der Waals surface area contributed by atoms with Crippen LogP contribution in [0.2, 0.25) is 0 Å². The van der Waals surface area contributed by atoms with Gasteiger partial charge in [0, 0.05) is 28.0 Å². The monoisotopic (exact) mass is 611 g/mol. The summed E-state index contributed by atoms with van der Waals surface area (Å²) in [5.41, 5.74) is 6.34. The van der Waals surface area contributed by atoms with Crippen molar-refractivity contribution in [3.63, 3.8) is 0 Å². The van der Waals surface area contributed by atoms with Crippen LogP contribution in [0.25, 0.3) is 5.69 Å². The van der Waals surface area contributed by atoms with Gasteiger partial charge in [-0.05, 0) is 55.3 Å². The number of aromatic nitrogens is 3. The molecule has 1 unspecified atom stereocenters. The third-order valence-corrected chi connectivity index (χ3v) is 7.88. The lowest BCUT2D eigenvalue weighted by Crippen LogP contribution is -2.35. The van der Waals surface area contributed by atoms with Crippen molar-refractivity contribution in [2.75, 3.05) is 5.32 Å². The molecule has 1 heterocycles. The van der Waals surface area contributed by atoms with Crippen LogP contribution in [-0.4, -0.2) is 20.8 Å². The van der Waals surface area contributed by atoms with Gasteiger partial charge in [0.05, 0.1) is 6.04 Å². The van der Waals surface area contributed by atoms with Crippen molar-refractivity contribution in [1.29, 1.82) is 0 Å². The number of anilines is 1. The smallest absolute Gasteiger partial charge is 0.319 e. The Labute approximate surface area is 247 Å². The summed E-state index contributed by atoms with van der Waals surface area (Å²) >= 11 is 5.10. The number of carbonyl (C=O) groups is 1. The quantitative estimate of drug-likeness (QED) is 0.165. The number of rotatable bonds is 9. The molecular weight excluding hydrogens is 582 g/mol. The number of hydrogen-bond acceptors (Lipinski definition) is 4. The molecule has 8 heteroatoms. The Kier molecular flexibility index (Phi) is 8.98. The van der Waals surface area contributed by atoms with E-state index in [4.69, 9.17) is 0 Å². The number of halogens is 1.